The molecule has 0 saturated carbocycles. The van der Waals surface area contributed by atoms with Gasteiger partial charge in [0.1, 0.15) is 17.2 Å². The molecule has 3 aromatic carbocycles. The average molecular weight is 474 g/mol. The molecule has 4 N–H and O–H groups in total. The van der Waals surface area contributed by atoms with Crippen LogP contribution in [0.15, 0.2) is 54.6 Å². The third kappa shape index (κ3) is 4.59. The molecule has 1 amide bonds. The minimum Gasteiger partial charge on any atom is -0.497 e. The number of nitrogens with two attached hydrogens (primary N) is 1. The molecule has 0 fully saturated rings. The summed E-state index contributed by atoms with van der Waals surface area (Å²) in [6.45, 7) is -0.0748. The van der Waals surface area contributed by atoms with Crippen LogP contribution in [-0.2, 0) is 6.54 Å². The molecule has 1 heterocycles. The second-order valence-electron chi connectivity index (χ2n) is 6.99. The molecule has 0 radical (unpaired) electrons. The largest absolute Gasteiger partial charge is 0.497 e. The zero-order chi connectivity index (χ0) is 22.8. The first-order chi connectivity index (χ1) is 15.3. The van der Waals surface area contributed by atoms with Gasteiger partial charge in [0, 0.05) is 45.9 Å². The topological polar surface area (TPSA) is 89.4 Å². The summed E-state index contributed by atoms with van der Waals surface area (Å²) in [5.41, 5.74) is 7.41. The molecular formula is C23H18Cl2FN3O3. The first-order valence-electron chi connectivity index (χ1n) is 9.50. The van der Waals surface area contributed by atoms with Gasteiger partial charge in [-0.3, -0.25) is 4.79 Å². The molecule has 0 bridgehead atoms. The van der Waals surface area contributed by atoms with E-state index in [-0.39, 0.29) is 34.5 Å². The van der Waals surface area contributed by atoms with Gasteiger partial charge in [-0.05, 0) is 36.4 Å². The van der Waals surface area contributed by atoms with E-state index >= 15 is 4.39 Å². The molecule has 0 aliphatic carbocycles. The Balaban J connectivity index is 1.52. The Morgan fingerprint density at radius 2 is 1.91 bits per heavy atom. The lowest BCUT2D eigenvalue weighted by Gasteiger charge is -2.13. The van der Waals surface area contributed by atoms with Crippen LogP contribution in [0.3, 0.4) is 0 Å². The van der Waals surface area contributed by atoms with Crippen LogP contribution in [0.4, 0.5) is 10.1 Å². The van der Waals surface area contributed by atoms with Crippen LogP contribution in [0.2, 0.25) is 10.0 Å². The summed E-state index contributed by atoms with van der Waals surface area (Å²) in [7, 11) is 1.57. The molecule has 0 atom stereocenters. The number of hydrogen-bond donors (Lipinski definition) is 3. The lowest BCUT2D eigenvalue weighted by Crippen LogP contribution is -2.23. The Bertz CT molecular complexity index is 1300. The minimum absolute atomic E-state index is 0.0701. The van der Waals surface area contributed by atoms with Crippen molar-refractivity contribution in [3.8, 4) is 17.2 Å². The summed E-state index contributed by atoms with van der Waals surface area (Å²) in [6, 6.07) is 14.6. The Kier molecular flexibility index (Phi) is 6.12. The normalized spacial score (nSPS) is 10.9. The highest BCUT2D eigenvalue weighted by Crippen LogP contribution is 2.35. The van der Waals surface area contributed by atoms with Crippen molar-refractivity contribution < 1.29 is 18.7 Å². The fourth-order valence-corrected chi connectivity index (χ4v) is 3.61. The molecular weight excluding hydrogens is 456 g/mol. The second-order valence-corrected chi connectivity index (χ2v) is 7.83. The molecule has 0 unspecified atom stereocenters. The lowest BCUT2D eigenvalue weighted by molar-refractivity contribution is 0.0946. The van der Waals surface area contributed by atoms with E-state index < -0.39 is 5.82 Å². The molecule has 1 aromatic heterocycles. The Morgan fingerprint density at radius 3 is 2.66 bits per heavy atom. The number of carbonyl (C=O) groups is 1. The highest BCUT2D eigenvalue weighted by molar-refractivity contribution is 6.32. The zero-order valence-corrected chi connectivity index (χ0v) is 18.4. The molecule has 32 heavy (non-hydrogen) atoms. The number of ether oxygens (including phenoxy) is 2. The number of H-pyrrole nitrogens is 1. The SMILES string of the molecule is COc1ccc2cc(C(=O)NCc3ccc(Cl)c(Oc4cc(N)cc(Cl)c4)c3F)[nH]c2c1. The van der Waals surface area contributed by atoms with Gasteiger partial charge in [0.25, 0.3) is 5.91 Å². The quantitative estimate of drug-likeness (QED) is 0.303. The number of anilines is 1. The second kappa shape index (κ2) is 8.98. The van der Waals surface area contributed by atoms with E-state index in [2.05, 4.69) is 10.3 Å². The van der Waals surface area contributed by atoms with E-state index in [9.17, 15) is 4.79 Å². The van der Waals surface area contributed by atoms with Gasteiger partial charge in [0.05, 0.1) is 12.1 Å². The van der Waals surface area contributed by atoms with Gasteiger partial charge in [-0.2, -0.15) is 0 Å². The summed E-state index contributed by atoms with van der Waals surface area (Å²) >= 11 is 12.1. The number of nitrogen functional groups attached to an aromatic ring is 1. The monoisotopic (exact) mass is 473 g/mol. The van der Waals surface area contributed by atoms with E-state index in [1.165, 1.54) is 24.3 Å². The first-order valence-corrected chi connectivity index (χ1v) is 10.3. The van der Waals surface area contributed by atoms with Crippen LogP contribution in [-0.4, -0.2) is 18.0 Å². The van der Waals surface area contributed by atoms with Crippen molar-refractivity contribution in [2.75, 3.05) is 12.8 Å². The van der Waals surface area contributed by atoms with Crippen LogP contribution in [0.5, 0.6) is 17.2 Å². The van der Waals surface area contributed by atoms with Gasteiger partial charge in [-0.1, -0.05) is 29.3 Å². The van der Waals surface area contributed by atoms with Crippen LogP contribution < -0.4 is 20.5 Å². The molecule has 6 nitrogen and oxygen atoms in total. The summed E-state index contributed by atoms with van der Waals surface area (Å²) in [6.07, 6.45) is 0. The van der Waals surface area contributed by atoms with Gasteiger partial charge in [-0.25, -0.2) is 4.39 Å². The summed E-state index contributed by atoms with van der Waals surface area (Å²) in [5.74, 6) is -0.357. The number of rotatable bonds is 6. The molecule has 4 aromatic rings. The molecule has 0 aliphatic rings. The van der Waals surface area contributed by atoms with E-state index in [0.717, 1.165) is 10.9 Å². The number of amides is 1. The average Bonchev–Trinajstić information content (AvgIpc) is 3.18. The predicted molar refractivity (Wildman–Crippen MR) is 123 cm³/mol. The van der Waals surface area contributed by atoms with Crippen molar-refractivity contribution in [3.05, 3.63) is 81.7 Å². The zero-order valence-electron chi connectivity index (χ0n) is 16.8. The van der Waals surface area contributed by atoms with Gasteiger partial charge >= 0.3 is 0 Å². The van der Waals surface area contributed by atoms with Crippen LogP contribution >= 0.6 is 23.2 Å². The number of nitrogens with one attached hydrogen (secondary N) is 2. The smallest absolute Gasteiger partial charge is 0.267 e. The fourth-order valence-electron chi connectivity index (χ4n) is 3.19. The summed E-state index contributed by atoms with van der Waals surface area (Å²) in [4.78, 5) is 15.6. The molecule has 4 rings (SSSR count). The Hall–Kier alpha value is -3.42. The van der Waals surface area contributed by atoms with Crippen LogP contribution in [0.1, 0.15) is 16.1 Å². The molecule has 0 saturated heterocycles. The number of hydrogen-bond acceptors (Lipinski definition) is 4. The van der Waals surface area contributed by atoms with Crippen molar-refractivity contribution in [2.24, 2.45) is 0 Å². The maximum Gasteiger partial charge on any atom is 0.267 e. The number of benzene rings is 3. The summed E-state index contributed by atoms with van der Waals surface area (Å²) in [5, 5.41) is 3.96. The standard InChI is InChI=1S/C23H18Cl2FN3O3/c1-31-16-4-2-12-6-20(29-19(12)10-16)23(30)28-11-13-3-5-18(25)22(21(13)26)32-17-8-14(24)7-15(27)9-17/h2-10,29H,11,27H2,1H3,(H,28,30). The fraction of sp³-hybridized carbons (Fsp3) is 0.0870. The number of carbonyl (C=O) groups excluding carboxylic acids is 1. The first kappa shape index (κ1) is 21.8. The highest BCUT2D eigenvalue weighted by atomic mass is 35.5. The van der Waals surface area contributed by atoms with Gasteiger partial charge in [-0.15, -0.1) is 0 Å². The number of fused-ring (bicyclic) bond motifs is 1. The third-order valence-corrected chi connectivity index (χ3v) is 5.27. The van der Waals surface area contributed by atoms with Gasteiger partial charge < -0.3 is 25.5 Å². The van der Waals surface area contributed by atoms with Gasteiger partial charge in [0.2, 0.25) is 0 Å². The van der Waals surface area contributed by atoms with Crippen molar-refractivity contribution in [2.45, 2.75) is 6.54 Å². The molecule has 9 heteroatoms. The highest BCUT2D eigenvalue weighted by Gasteiger charge is 2.17. The number of methoxy groups -OCH3 is 1. The van der Waals surface area contributed by atoms with Crippen molar-refractivity contribution >= 4 is 45.7 Å². The van der Waals surface area contributed by atoms with Crippen molar-refractivity contribution in [3.63, 3.8) is 0 Å². The maximum atomic E-state index is 15.1. The molecule has 0 spiro atoms. The minimum atomic E-state index is -0.697. The van der Waals surface area contributed by atoms with E-state index in [4.69, 9.17) is 38.4 Å². The van der Waals surface area contributed by atoms with Crippen LogP contribution in [0, 0.1) is 5.82 Å². The van der Waals surface area contributed by atoms with Crippen molar-refractivity contribution in [1.29, 1.82) is 0 Å². The van der Waals surface area contributed by atoms with Crippen LogP contribution in [0.25, 0.3) is 10.9 Å². The number of halogens is 3. The number of aromatic amines is 1. The van der Waals surface area contributed by atoms with Crippen molar-refractivity contribution in [1.82, 2.24) is 10.3 Å². The van der Waals surface area contributed by atoms with E-state index in [1.54, 1.807) is 31.4 Å². The van der Waals surface area contributed by atoms with E-state index in [1.807, 2.05) is 6.07 Å². The van der Waals surface area contributed by atoms with Gasteiger partial charge in [0.15, 0.2) is 11.6 Å². The molecule has 0 aliphatic heterocycles. The number of aromatic nitrogens is 1. The predicted octanol–water partition coefficient (Wildman–Crippen LogP) is 5.93. The molecule has 164 valence electrons. The summed E-state index contributed by atoms with van der Waals surface area (Å²) < 4.78 is 25.9. The lowest BCUT2D eigenvalue weighted by atomic mass is 10.2. The van der Waals surface area contributed by atoms with E-state index in [0.29, 0.717) is 22.2 Å². The Labute approximate surface area is 193 Å². The maximum absolute atomic E-state index is 15.1. The third-order valence-electron chi connectivity index (χ3n) is 4.76. The Morgan fingerprint density at radius 1 is 1.09 bits per heavy atom.